The van der Waals surface area contributed by atoms with E-state index in [0.717, 1.165) is 25.9 Å². The highest BCUT2D eigenvalue weighted by atomic mass is 16.5. The summed E-state index contributed by atoms with van der Waals surface area (Å²) in [7, 11) is 3.03. The van der Waals surface area contributed by atoms with E-state index in [1.807, 2.05) is 11.8 Å². The van der Waals surface area contributed by atoms with Crippen LogP contribution in [0.1, 0.15) is 25.8 Å². The van der Waals surface area contributed by atoms with E-state index in [2.05, 4.69) is 20.3 Å². The van der Waals surface area contributed by atoms with Crippen molar-refractivity contribution < 1.29 is 14.3 Å². The summed E-state index contributed by atoms with van der Waals surface area (Å²) in [6.07, 6.45) is 3.77. The molecule has 0 radical (unpaired) electrons. The number of hydrogen-bond donors (Lipinski definition) is 0. The van der Waals surface area contributed by atoms with E-state index >= 15 is 0 Å². The maximum absolute atomic E-state index is 12.5. The van der Waals surface area contributed by atoms with E-state index < -0.39 is 6.04 Å². The summed E-state index contributed by atoms with van der Waals surface area (Å²) >= 11 is 0. The zero-order chi connectivity index (χ0) is 17.1. The van der Waals surface area contributed by atoms with Gasteiger partial charge in [-0.2, -0.15) is 9.97 Å². The molecule has 3 rings (SSSR count). The topological polar surface area (TPSA) is 95.3 Å². The van der Waals surface area contributed by atoms with Crippen LogP contribution >= 0.6 is 0 Å². The van der Waals surface area contributed by atoms with Crippen molar-refractivity contribution in [2.24, 2.45) is 0 Å². The first-order valence-electron chi connectivity index (χ1n) is 7.80. The second-order valence-electron chi connectivity index (χ2n) is 5.57. The fourth-order valence-corrected chi connectivity index (χ4v) is 2.61. The van der Waals surface area contributed by atoms with E-state index in [1.54, 1.807) is 12.3 Å². The summed E-state index contributed by atoms with van der Waals surface area (Å²) in [4.78, 5) is 22.8. The average Bonchev–Trinajstić information content (AvgIpc) is 3.31. The van der Waals surface area contributed by atoms with Gasteiger partial charge in [-0.1, -0.05) is 5.21 Å². The van der Waals surface area contributed by atoms with Crippen LogP contribution in [0.4, 0.5) is 0 Å². The smallest absolute Gasteiger partial charge is 0.247 e. The zero-order valence-corrected chi connectivity index (χ0v) is 14.0. The molecular formula is C15H20N6O3. The van der Waals surface area contributed by atoms with Crippen LogP contribution < -0.4 is 9.47 Å². The summed E-state index contributed by atoms with van der Waals surface area (Å²) in [5, 5.41) is 8.13. The Kier molecular flexibility index (Phi) is 4.59. The molecule has 9 heteroatoms. The minimum atomic E-state index is -0.420. The highest BCUT2D eigenvalue weighted by Crippen LogP contribution is 2.22. The standard InChI is InChI=1S/C15H20N6O3/c1-10(15(22)20-6-4-5-7-20)21-9-11(18-19-21)14-16-12(23-2)8-13(17-14)24-3/h8-10H,4-7H2,1-3H3. The van der Waals surface area contributed by atoms with E-state index in [9.17, 15) is 4.79 Å². The van der Waals surface area contributed by atoms with Gasteiger partial charge in [0.25, 0.3) is 0 Å². The first-order chi connectivity index (χ1) is 11.6. The number of carbonyl (C=O) groups excluding carboxylic acids is 1. The minimum absolute atomic E-state index is 0.0492. The van der Waals surface area contributed by atoms with Gasteiger partial charge in [-0.05, 0) is 19.8 Å². The third-order valence-electron chi connectivity index (χ3n) is 4.01. The molecule has 0 spiro atoms. The first kappa shape index (κ1) is 16.2. The Balaban J connectivity index is 1.83. The molecule has 1 aliphatic heterocycles. The highest BCUT2D eigenvalue weighted by molar-refractivity contribution is 5.80. The molecule has 0 aliphatic carbocycles. The lowest BCUT2D eigenvalue weighted by molar-refractivity contribution is -0.133. The number of ether oxygens (including phenoxy) is 2. The van der Waals surface area contributed by atoms with Crippen LogP contribution in [0, 0.1) is 0 Å². The zero-order valence-electron chi connectivity index (χ0n) is 14.0. The molecular weight excluding hydrogens is 312 g/mol. The van der Waals surface area contributed by atoms with Crippen LogP contribution in [0.25, 0.3) is 11.5 Å². The number of carbonyl (C=O) groups is 1. The number of methoxy groups -OCH3 is 2. The maximum Gasteiger partial charge on any atom is 0.247 e. The van der Waals surface area contributed by atoms with Gasteiger partial charge in [0.05, 0.1) is 26.5 Å². The molecule has 1 saturated heterocycles. The van der Waals surface area contributed by atoms with Gasteiger partial charge in [-0.15, -0.1) is 5.10 Å². The van der Waals surface area contributed by atoms with Gasteiger partial charge in [0, 0.05) is 13.1 Å². The van der Waals surface area contributed by atoms with Crippen molar-refractivity contribution in [2.45, 2.75) is 25.8 Å². The van der Waals surface area contributed by atoms with Crippen molar-refractivity contribution in [1.82, 2.24) is 29.9 Å². The van der Waals surface area contributed by atoms with Gasteiger partial charge in [-0.3, -0.25) is 4.79 Å². The molecule has 2 aromatic heterocycles. The molecule has 128 valence electrons. The number of nitrogens with zero attached hydrogens (tertiary/aromatic N) is 6. The molecule has 24 heavy (non-hydrogen) atoms. The maximum atomic E-state index is 12.5. The lowest BCUT2D eigenvalue weighted by Gasteiger charge is -2.19. The Hall–Kier alpha value is -2.71. The summed E-state index contributed by atoms with van der Waals surface area (Å²) in [6, 6.07) is 1.16. The molecule has 3 heterocycles. The van der Waals surface area contributed by atoms with Crippen molar-refractivity contribution >= 4 is 5.91 Å². The Labute approximate surface area is 139 Å². The van der Waals surface area contributed by atoms with Gasteiger partial charge in [0.1, 0.15) is 6.04 Å². The summed E-state index contributed by atoms with van der Waals surface area (Å²) in [5.41, 5.74) is 0.452. The van der Waals surface area contributed by atoms with Crippen LogP contribution in [-0.2, 0) is 4.79 Å². The number of hydrogen-bond acceptors (Lipinski definition) is 7. The van der Waals surface area contributed by atoms with E-state index in [1.165, 1.54) is 18.9 Å². The number of rotatable bonds is 5. The highest BCUT2D eigenvalue weighted by Gasteiger charge is 2.25. The van der Waals surface area contributed by atoms with Crippen LogP contribution in [0.2, 0.25) is 0 Å². The van der Waals surface area contributed by atoms with Gasteiger partial charge in [0.2, 0.25) is 17.7 Å². The second kappa shape index (κ2) is 6.81. The first-order valence-corrected chi connectivity index (χ1v) is 7.80. The monoisotopic (exact) mass is 332 g/mol. The van der Waals surface area contributed by atoms with Crippen molar-refractivity contribution in [1.29, 1.82) is 0 Å². The normalized spacial score (nSPS) is 15.4. The molecule has 0 aromatic carbocycles. The lowest BCUT2D eigenvalue weighted by Crippen LogP contribution is -2.34. The van der Waals surface area contributed by atoms with Crippen LogP contribution in [0.5, 0.6) is 11.8 Å². The molecule has 1 aliphatic rings. The Morgan fingerprint density at radius 1 is 1.17 bits per heavy atom. The van der Waals surface area contributed by atoms with Crippen LogP contribution in [0.15, 0.2) is 12.3 Å². The van der Waals surface area contributed by atoms with Gasteiger partial charge >= 0.3 is 0 Å². The lowest BCUT2D eigenvalue weighted by atomic mass is 10.3. The predicted octanol–water partition coefficient (Wildman–Crippen LogP) is 0.936. The summed E-state index contributed by atoms with van der Waals surface area (Å²) in [6.45, 7) is 3.42. The SMILES string of the molecule is COc1cc(OC)nc(-c2cn(C(C)C(=O)N3CCCC3)nn2)n1. The van der Waals surface area contributed by atoms with Crippen LogP contribution in [0.3, 0.4) is 0 Å². The average molecular weight is 332 g/mol. The molecule has 0 bridgehead atoms. The van der Waals surface area contributed by atoms with E-state index in [4.69, 9.17) is 9.47 Å². The van der Waals surface area contributed by atoms with Gasteiger partial charge in [0.15, 0.2) is 11.5 Å². The fraction of sp³-hybridized carbons (Fsp3) is 0.533. The molecule has 2 aromatic rings. The molecule has 0 saturated carbocycles. The Bertz CT molecular complexity index is 703. The predicted molar refractivity (Wildman–Crippen MR) is 84.7 cm³/mol. The third-order valence-corrected chi connectivity index (χ3v) is 4.01. The third kappa shape index (κ3) is 3.15. The van der Waals surface area contributed by atoms with E-state index in [0.29, 0.717) is 23.3 Å². The van der Waals surface area contributed by atoms with Gasteiger partial charge in [-0.25, -0.2) is 4.68 Å². The molecule has 1 unspecified atom stereocenters. The largest absolute Gasteiger partial charge is 0.481 e. The van der Waals surface area contributed by atoms with Crippen molar-refractivity contribution in [3.8, 4) is 23.3 Å². The quantitative estimate of drug-likeness (QED) is 0.804. The number of aromatic nitrogens is 5. The molecule has 1 amide bonds. The molecule has 9 nitrogen and oxygen atoms in total. The molecule has 0 N–H and O–H groups in total. The van der Waals surface area contributed by atoms with Crippen LogP contribution in [-0.4, -0.2) is 63.1 Å². The van der Waals surface area contributed by atoms with Crippen molar-refractivity contribution in [2.75, 3.05) is 27.3 Å². The minimum Gasteiger partial charge on any atom is -0.481 e. The second-order valence-corrected chi connectivity index (χ2v) is 5.57. The molecule has 1 atom stereocenters. The summed E-state index contributed by atoms with van der Waals surface area (Å²) < 4.78 is 11.8. The Morgan fingerprint density at radius 2 is 1.79 bits per heavy atom. The Morgan fingerprint density at radius 3 is 2.38 bits per heavy atom. The van der Waals surface area contributed by atoms with E-state index in [-0.39, 0.29) is 5.91 Å². The molecule has 1 fully saturated rings. The van der Waals surface area contributed by atoms with Crippen molar-refractivity contribution in [3.05, 3.63) is 12.3 Å². The number of likely N-dealkylation sites (tertiary alicyclic amines) is 1. The van der Waals surface area contributed by atoms with Gasteiger partial charge < -0.3 is 14.4 Å². The fourth-order valence-electron chi connectivity index (χ4n) is 2.61. The van der Waals surface area contributed by atoms with Crippen molar-refractivity contribution in [3.63, 3.8) is 0 Å². The summed E-state index contributed by atoms with van der Waals surface area (Å²) in [5.74, 6) is 1.12. The number of amides is 1.